The summed E-state index contributed by atoms with van der Waals surface area (Å²) in [6, 6.07) is 34.2. The lowest BCUT2D eigenvalue weighted by molar-refractivity contribution is 0.617. The Labute approximate surface area is 226 Å². The van der Waals surface area contributed by atoms with E-state index in [0.29, 0.717) is 5.56 Å². The summed E-state index contributed by atoms with van der Waals surface area (Å²) in [6.07, 6.45) is 4.45. The first kappa shape index (κ1) is 25.5. The van der Waals surface area contributed by atoms with Crippen LogP contribution in [0.15, 0.2) is 97.1 Å². The lowest BCUT2D eigenvalue weighted by Gasteiger charge is -2.08. The fraction of sp³-hybridized carbons (Fsp3) is 0.189. The van der Waals surface area contributed by atoms with E-state index in [2.05, 4.69) is 97.6 Å². The van der Waals surface area contributed by atoms with Crippen LogP contribution in [0.2, 0.25) is 0 Å². The molecule has 0 fully saturated rings. The summed E-state index contributed by atoms with van der Waals surface area (Å²) < 4.78 is 14.0. The van der Waals surface area contributed by atoms with Gasteiger partial charge in [-0.2, -0.15) is 0 Å². The van der Waals surface area contributed by atoms with E-state index < -0.39 is 0 Å². The molecule has 0 heterocycles. The van der Waals surface area contributed by atoms with Gasteiger partial charge >= 0.3 is 0 Å². The third-order valence-electron chi connectivity index (χ3n) is 7.24. The van der Waals surface area contributed by atoms with Crippen molar-refractivity contribution in [2.75, 3.05) is 0 Å². The van der Waals surface area contributed by atoms with Crippen LogP contribution in [-0.4, -0.2) is 0 Å². The topological polar surface area (TPSA) is 0 Å². The van der Waals surface area contributed by atoms with Gasteiger partial charge in [-0.3, -0.25) is 0 Å². The van der Waals surface area contributed by atoms with Gasteiger partial charge in [0.05, 0.1) is 0 Å². The highest BCUT2D eigenvalue weighted by Crippen LogP contribution is 2.26. The lowest BCUT2D eigenvalue weighted by Crippen LogP contribution is -1.92. The van der Waals surface area contributed by atoms with Crippen molar-refractivity contribution < 1.29 is 4.39 Å². The molecule has 0 spiro atoms. The van der Waals surface area contributed by atoms with E-state index in [1.54, 1.807) is 6.92 Å². The van der Waals surface area contributed by atoms with Crippen molar-refractivity contribution in [2.45, 2.75) is 46.5 Å². The number of fused-ring (bicyclic) bond motifs is 1. The van der Waals surface area contributed by atoms with Crippen LogP contribution >= 0.6 is 0 Å². The zero-order chi connectivity index (χ0) is 26.5. The number of hydrogen-bond acceptors (Lipinski definition) is 0. The van der Waals surface area contributed by atoms with Crippen LogP contribution in [0.25, 0.3) is 21.9 Å². The van der Waals surface area contributed by atoms with Crippen LogP contribution in [0.1, 0.15) is 52.3 Å². The molecular weight excluding hydrogens is 463 g/mol. The molecule has 0 N–H and O–H groups in total. The SMILES string of the molecule is CCCc1ccc(CCc2ccc(-c3ccc4cc(C#Cc5cc(F)c(C)cc5C)ccc4c3)cc2)cc1. The van der Waals surface area contributed by atoms with E-state index in [9.17, 15) is 4.39 Å². The first-order valence-corrected chi connectivity index (χ1v) is 13.5. The second kappa shape index (κ2) is 11.5. The van der Waals surface area contributed by atoms with E-state index >= 15 is 0 Å². The molecule has 0 atom stereocenters. The van der Waals surface area contributed by atoms with E-state index in [-0.39, 0.29) is 5.82 Å². The molecule has 0 amide bonds. The molecule has 5 aromatic rings. The van der Waals surface area contributed by atoms with E-state index in [1.807, 2.05) is 19.1 Å². The zero-order valence-corrected chi connectivity index (χ0v) is 22.4. The molecule has 5 aromatic carbocycles. The van der Waals surface area contributed by atoms with Crippen molar-refractivity contribution in [1.82, 2.24) is 0 Å². The number of aryl methyl sites for hydroxylation is 5. The summed E-state index contributed by atoms with van der Waals surface area (Å²) in [5, 5.41) is 2.33. The van der Waals surface area contributed by atoms with Gasteiger partial charge in [-0.05, 0) is 107 Å². The monoisotopic (exact) mass is 496 g/mol. The van der Waals surface area contributed by atoms with Crippen LogP contribution < -0.4 is 0 Å². The number of halogens is 1. The maximum atomic E-state index is 14.0. The predicted octanol–water partition coefficient (Wildman–Crippen LogP) is 9.40. The summed E-state index contributed by atoms with van der Waals surface area (Å²) in [7, 11) is 0. The smallest absolute Gasteiger partial charge is 0.127 e. The normalized spacial score (nSPS) is 10.8. The van der Waals surface area contributed by atoms with Gasteiger partial charge in [0.1, 0.15) is 5.82 Å². The fourth-order valence-corrected chi connectivity index (χ4v) is 4.92. The van der Waals surface area contributed by atoms with E-state index in [4.69, 9.17) is 0 Å². The van der Waals surface area contributed by atoms with Gasteiger partial charge in [-0.15, -0.1) is 0 Å². The summed E-state index contributed by atoms with van der Waals surface area (Å²) in [6.45, 7) is 5.97. The Balaban J connectivity index is 1.27. The highest BCUT2D eigenvalue weighted by Gasteiger charge is 2.04. The quantitative estimate of drug-likeness (QED) is 0.205. The van der Waals surface area contributed by atoms with Crippen LogP contribution in [-0.2, 0) is 19.3 Å². The molecule has 0 nitrogen and oxygen atoms in total. The molecule has 0 saturated heterocycles. The van der Waals surface area contributed by atoms with Crippen molar-refractivity contribution in [3.8, 4) is 23.0 Å². The Morgan fingerprint density at radius 3 is 1.82 bits per heavy atom. The Kier molecular flexibility index (Phi) is 7.71. The fourth-order valence-electron chi connectivity index (χ4n) is 4.92. The Morgan fingerprint density at radius 1 is 0.553 bits per heavy atom. The van der Waals surface area contributed by atoms with Gasteiger partial charge in [-0.1, -0.05) is 98.0 Å². The molecular formula is C37H33F. The summed E-state index contributed by atoms with van der Waals surface area (Å²) >= 11 is 0. The van der Waals surface area contributed by atoms with Crippen molar-refractivity contribution in [3.63, 3.8) is 0 Å². The molecule has 0 bridgehead atoms. The van der Waals surface area contributed by atoms with Gasteiger partial charge in [0, 0.05) is 11.1 Å². The van der Waals surface area contributed by atoms with Crippen LogP contribution in [0.4, 0.5) is 4.39 Å². The molecule has 0 aromatic heterocycles. The molecule has 0 aliphatic rings. The minimum absolute atomic E-state index is 0.212. The van der Waals surface area contributed by atoms with Crippen molar-refractivity contribution in [3.05, 3.63) is 142 Å². The van der Waals surface area contributed by atoms with E-state index in [0.717, 1.165) is 41.3 Å². The van der Waals surface area contributed by atoms with Gasteiger partial charge in [0.15, 0.2) is 0 Å². The standard InChI is InChI=1S/C37H33F/c1-4-5-28-6-8-29(9-7-28)10-11-30-12-16-32(17-13-30)35-21-20-34-23-31(15-19-36(34)24-35)14-18-33-25-37(38)27(3)22-26(33)2/h6-9,12-13,15-17,19-25H,4-5,10-11H2,1-3H3. The van der Waals surface area contributed by atoms with Gasteiger partial charge < -0.3 is 0 Å². The van der Waals surface area contributed by atoms with E-state index in [1.165, 1.54) is 45.7 Å². The molecule has 38 heavy (non-hydrogen) atoms. The van der Waals surface area contributed by atoms with Crippen molar-refractivity contribution in [2.24, 2.45) is 0 Å². The van der Waals surface area contributed by atoms with Crippen molar-refractivity contribution >= 4 is 10.8 Å². The molecule has 0 saturated carbocycles. The molecule has 0 aliphatic heterocycles. The van der Waals surface area contributed by atoms with Crippen LogP contribution in [0.5, 0.6) is 0 Å². The average Bonchev–Trinajstić information content (AvgIpc) is 2.94. The number of benzene rings is 5. The number of hydrogen-bond donors (Lipinski definition) is 0. The summed E-state index contributed by atoms with van der Waals surface area (Å²) in [5.41, 5.74) is 9.92. The van der Waals surface area contributed by atoms with Gasteiger partial charge in [0.2, 0.25) is 0 Å². The molecule has 0 aliphatic carbocycles. The molecule has 1 heteroatoms. The average molecular weight is 497 g/mol. The summed E-state index contributed by atoms with van der Waals surface area (Å²) in [5.74, 6) is 6.14. The molecule has 5 rings (SSSR count). The largest absolute Gasteiger partial charge is 0.207 e. The number of rotatable bonds is 6. The second-order valence-electron chi connectivity index (χ2n) is 10.2. The Bertz CT molecular complexity index is 1630. The van der Waals surface area contributed by atoms with Gasteiger partial charge in [-0.25, -0.2) is 4.39 Å². The molecule has 0 unspecified atom stereocenters. The predicted molar refractivity (Wildman–Crippen MR) is 159 cm³/mol. The zero-order valence-electron chi connectivity index (χ0n) is 22.4. The second-order valence-corrected chi connectivity index (χ2v) is 10.2. The maximum Gasteiger partial charge on any atom is 0.127 e. The van der Waals surface area contributed by atoms with Crippen LogP contribution in [0, 0.1) is 31.5 Å². The summed E-state index contributed by atoms with van der Waals surface area (Å²) in [4.78, 5) is 0. The third-order valence-corrected chi connectivity index (χ3v) is 7.24. The minimum Gasteiger partial charge on any atom is -0.207 e. The first-order chi connectivity index (χ1) is 18.5. The lowest BCUT2D eigenvalue weighted by atomic mass is 9.97. The molecule has 188 valence electrons. The van der Waals surface area contributed by atoms with Gasteiger partial charge in [0.25, 0.3) is 0 Å². The minimum atomic E-state index is -0.212. The van der Waals surface area contributed by atoms with Crippen LogP contribution in [0.3, 0.4) is 0 Å². The Hall–Kier alpha value is -4.15. The highest BCUT2D eigenvalue weighted by molar-refractivity contribution is 5.88. The molecule has 0 radical (unpaired) electrons. The first-order valence-electron chi connectivity index (χ1n) is 13.5. The Morgan fingerprint density at radius 2 is 1.13 bits per heavy atom. The highest BCUT2D eigenvalue weighted by atomic mass is 19.1. The third kappa shape index (κ3) is 6.04. The van der Waals surface area contributed by atoms with Crippen molar-refractivity contribution in [1.29, 1.82) is 0 Å². The maximum absolute atomic E-state index is 14.0.